The van der Waals surface area contributed by atoms with E-state index in [-0.39, 0.29) is 0 Å². The third kappa shape index (κ3) is 1.62. The molecule has 0 spiro atoms. The molecule has 0 atom stereocenters. The van der Waals surface area contributed by atoms with Gasteiger partial charge in [0.2, 0.25) is 6.33 Å². The molecule has 2 nitrogen and oxygen atoms in total. The number of pyridine rings is 1. The number of rotatable bonds is 1. The van der Waals surface area contributed by atoms with Crippen molar-refractivity contribution in [2.45, 2.75) is 6.92 Å². The van der Waals surface area contributed by atoms with Crippen LogP contribution in [-0.2, 0) is 7.05 Å². The maximum Gasteiger partial charge on any atom is 0.249 e. The maximum absolute atomic E-state index is 2.22. The minimum Gasteiger partial charge on any atom is -0.239 e. The van der Waals surface area contributed by atoms with E-state index in [1.807, 2.05) is 0 Å². The van der Waals surface area contributed by atoms with Gasteiger partial charge in [0.1, 0.15) is 11.9 Å². The maximum atomic E-state index is 2.22. The molecule has 3 rings (SSSR count). The third-order valence-electron chi connectivity index (χ3n) is 3.11. The van der Waals surface area contributed by atoms with Gasteiger partial charge in [0, 0.05) is 5.56 Å². The molecule has 0 aliphatic rings. The van der Waals surface area contributed by atoms with Crippen LogP contribution >= 0.6 is 0 Å². The molecule has 0 aliphatic heterocycles. The van der Waals surface area contributed by atoms with Gasteiger partial charge in [0.05, 0.1) is 7.05 Å². The van der Waals surface area contributed by atoms with Gasteiger partial charge in [-0.1, -0.05) is 30.3 Å². The fourth-order valence-corrected chi connectivity index (χ4v) is 2.28. The highest BCUT2D eigenvalue weighted by molar-refractivity contribution is 5.67. The third-order valence-corrected chi connectivity index (χ3v) is 3.11. The van der Waals surface area contributed by atoms with Crippen LogP contribution in [0.15, 0.2) is 55.0 Å². The van der Waals surface area contributed by atoms with Crippen LogP contribution in [0.1, 0.15) is 5.56 Å². The first kappa shape index (κ1) is 10.1. The lowest BCUT2D eigenvalue weighted by molar-refractivity contribution is -0.669. The number of benzene rings is 1. The van der Waals surface area contributed by atoms with Crippen LogP contribution < -0.4 is 4.57 Å². The minimum absolute atomic E-state index is 1.22. The van der Waals surface area contributed by atoms with Crippen LogP contribution in [-0.4, -0.2) is 4.40 Å². The van der Waals surface area contributed by atoms with Gasteiger partial charge >= 0.3 is 0 Å². The number of hydrogen-bond acceptors (Lipinski definition) is 0. The summed E-state index contributed by atoms with van der Waals surface area (Å²) in [7, 11) is 2.05. The molecule has 3 aromatic rings. The Bertz CT molecular complexity index is 680. The lowest BCUT2D eigenvalue weighted by Gasteiger charge is -2.03. The molecule has 17 heavy (non-hydrogen) atoms. The normalized spacial score (nSPS) is 10.9. The molecule has 0 amide bonds. The summed E-state index contributed by atoms with van der Waals surface area (Å²) >= 11 is 0. The number of hydrogen-bond donors (Lipinski definition) is 0. The summed E-state index contributed by atoms with van der Waals surface area (Å²) in [5, 5.41) is 0. The van der Waals surface area contributed by atoms with E-state index in [2.05, 4.69) is 77.9 Å². The van der Waals surface area contributed by atoms with Crippen molar-refractivity contribution in [3.63, 3.8) is 0 Å². The van der Waals surface area contributed by atoms with Gasteiger partial charge in [-0.15, -0.1) is 0 Å². The number of imidazole rings is 1. The second kappa shape index (κ2) is 3.74. The van der Waals surface area contributed by atoms with Gasteiger partial charge in [0.25, 0.3) is 0 Å². The summed E-state index contributed by atoms with van der Waals surface area (Å²) in [5.41, 5.74) is 5.04. The van der Waals surface area contributed by atoms with E-state index in [4.69, 9.17) is 0 Å². The lowest BCUT2D eigenvalue weighted by Crippen LogP contribution is -2.23. The molecule has 0 unspecified atom stereocenters. The van der Waals surface area contributed by atoms with Crippen molar-refractivity contribution >= 4 is 5.52 Å². The fraction of sp³-hybridized carbons (Fsp3) is 0.133. The van der Waals surface area contributed by atoms with Crippen molar-refractivity contribution < 1.29 is 4.57 Å². The fourth-order valence-electron chi connectivity index (χ4n) is 2.28. The van der Waals surface area contributed by atoms with E-state index in [0.717, 1.165) is 0 Å². The predicted octanol–water partition coefficient (Wildman–Crippen LogP) is 2.74. The Hall–Kier alpha value is -2.09. The molecule has 0 saturated heterocycles. The topological polar surface area (TPSA) is 8.29 Å². The Morgan fingerprint density at radius 1 is 1.00 bits per heavy atom. The van der Waals surface area contributed by atoms with Crippen LogP contribution in [0.4, 0.5) is 0 Å². The summed E-state index contributed by atoms with van der Waals surface area (Å²) in [6.07, 6.45) is 4.23. The molecule has 84 valence electrons. The molecule has 0 bridgehead atoms. The first-order valence-electron chi connectivity index (χ1n) is 5.78. The number of nitrogens with zero attached hydrogens (tertiary/aromatic N) is 2. The van der Waals surface area contributed by atoms with Crippen molar-refractivity contribution in [1.82, 2.24) is 4.40 Å². The summed E-state index contributed by atoms with van der Waals surface area (Å²) in [4.78, 5) is 0. The molecule has 2 aromatic heterocycles. The Morgan fingerprint density at radius 3 is 2.65 bits per heavy atom. The van der Waals surface area contributed by atoms with Crippen LogP contribution in [0.2, 0.25) is 0 Å². The van der Waals surface area contributed by atoms with E-state index in [1.54, 1.807) is 0 Å². The standard InChI is InChI=1S/C15H15N2/c1-12-6-3-4-8-14(12)15-9-5-7-13-10-16(2)11-17(13)15/h3-11H,1-2H3/q+1. The number of aromatic nitrogens is 2. The molecule has 1 aromatic carbocycles. The van der Waals surface area contributed by atoms with Gasteiger partial charge < -0.3 is 0 Å². The van der Waals surface area contributed by atoms with E-state index in [0.29, 0.717) is 0 Å². The van der Waals surface area contributed by atoms with Crippen molar-refractivity contribution in [3.05, 3.63) is 60.6 Å². The molecule has 2 heteroatoms. The molecule has 2 heterocycles. The van der Waals surface area contributed by atoms with Gasteiger partial charge in [-0.3, -0.25) is 0 Å². The highest BCUT2D eigenvalue weighted by atomic mass is 15.1. The summed E-state index contributed by atoms with van der Waals surface area (Å²) < 4.78 is 4.30. The van der Waals surface area contributed by atoms with Crippen molar-refractivity contribution in [3.8, 4) is 11.3 Å². The Labute approximate surface area is 101 Å². The monoisotopic (exact) mass is 223 g/mol. The molecule has 0 saturated carbocycles. The van der Waals surface area contributed by atoms with Crippen LogP contribution in [0.25, 0.3) is 16.8 Å². The van der Waals surface area contributed by atoms with Crippen LogP contribution in [0.3, 0.4) is 0 Å². The SMILES string of the molecule is Cc1ccccc1-c1cccc2c[n+](C)cn12. The smallest absolute Gasteiger partial charge is 0.239 e. The average molecular weight is 223 g/mol. The Morgan fingerprint density at radius 2 is 1.82 bits per heavy atom. The van der Waals surface area contributed by atoms with Gasteiger partial charge in [-0.05, 0) is 24.6 Å². The molecular formula is C15H15N2+. The first-order valence-corrected chi connectivity index (χ1v) is 5.78. The highest BCUT2D eigenvalue weighted by Gasteiger charge is 2.11. The van der Waals surface area contributed by atoms with Crippen molar-refractivity contribution in [2.24, 2.45) is 7.05 Å². The first-order chi connectivity index (χ1) is 8.25. The molecule has 0 fully saturated rings. The largest absolute Gasteiger partial charge is 0.249 e. The zero-order chi connectivity index (χ0) is 11.8. The molecule has 0 aliphatic carbocycles. The van der Waals surface area contributed by atoms with Gasteiger partial charge in [0.15, 0.2) is 5.52 Å². The van der Waals surface area contributed by atoms with E-state index >= 15 is 0 Å². The zero-order valence-electron chi connectivity index (χ0n) is 10.1. The van der Waals surface area contributed by atoms with Gasteiger partial charge in [-0.25, -0.2) is 4.57 Å². The second-order valence-electron chi connectivity index (χ2n) is 4.43. The highest BCUT2D eigenvalue weighted by Crippen LogP contribution is 2.23. The summed E-state index contributed by atoms with van der Waals surface area (Å²) in [6, 6.07) is 14.9. The van der Waals surface area contributed by atoms with Gasteiger partial charge in [-0.2, -0.15) is 4.40 Å². The predicted molar refractivity (Wildman–Crippen MR) is 68.7 cm³/mol. The average Bonchev–Trinajstić information content (AvgIpc) is 2.70. The zero-order valence-corrected chi connectivity index (χ0v) is 10.1. The molecule has 0 radical (unpaired) electrons. The quantitative estimate of drug-likeness (QED) is 0.561. The second-order valence-corrected chi connectivity index (χ2v) is 4.43. The summed E-state index contributed by atoms with van der Waals surface area (Å²) in [6.45, 7) is 2.15. The number of fused-ring (bicyclic) bond motifs is 1. The van der Waals surface area contributed by atoms with Crippen molar-refractivity contribution in [2.75, 3.05) is 0 Å². The Kier molecular flexibility index (Phi) is 2.22. The van der Waals surface area contributed by atoms with E-state index < -0.39 is 0 Å². The Balaban J connectivity index is 2.34. The van der Waals surface area contributed by atoms with Crippen LogP contribution in [0, 0.1) is 6.92 Å². The minimum atomic E-state index is 1.22. The van der Waals surface area contributed by atoms with Crippen molar-refractivity contribution in [1.29, 1.82) is 0 Å². The van der Waals surface area contributed by atoms with E-state index in [9.17, 15) is 0 Å². The molecular weight excluding hydrogens is 208 g/mol. The van der Waals surface area contributed by atoms with Crippen LogP contribution in [0.5, 0.6) is 0 Å². The molecule has 0 N–H and O–H groups in total. The van der Waals surface area contributed by atoms with E-state index in [1.165, 1.54) is 22.3 Å². The lowest BCUT2D eigenvalue weighted by atomic mass is 10.1. The number of aryl methyl sites for hydroxylation is 2. The summed E-state index contributed by atoms with van der Waals surface area (Å²) in [5.74, 6) is 0.